The van der Waals surface area contributed by atoms with Gasteiger partial charge >= 0.3 is 19.8 Å². The van der Waals surface area contributed by atoms with Crippen LogP contribution in [0.5, 0.6) is 0 Å². The van der Waals surface area contributed by atoms with Crippen molar-refractivity contribution >= 4 is 25.5 Å². The lowest BCUT2D eigenvalue weighted by atomic mass is 9.82. The molecule has 9 N–H and O–H groups in total. The predicted octanol–water partition coefficient (Wildman–Crippen LogP) is 5.28. The number of carbonyl (C=O) groups is 3. The summed E-state index contributed by atoms with van der Waals surface area (Å²) < 4.78 is 34.5. The van der Waals surface area contributed by atoms with Crippen molar-refractivity contribution in [2.24, 2.45) is 11.8 Å². The highest BCUT2D eigenvalue weighted by atomic mass is 31.2. The van der Waals surface area contributed by atoms with Crippen molar-refractivity contribution < 1.29 is 83.2 Å². The number of phosphoric ester groups is 1. The Morgan fingerprint density at radius 2 is 1.33 bits per heavy atom. The smallest absolute Gasteiger partial charge is 0.462 e. The van der Waals surface area contributed by atoms with Gasteiger partial charge in [-0.2, -0.15) is 0 Å². The second-order valence-electron chi connectivity index (χ2n) is 17.6. The lowest BCUT2D eigenvalue weighted by Crippen LogP contribution is -2.56. The van der Waals surface area contributed by atoms with Gasteiger partial charge in [-0.3, -0.25) is 23.4 Å². The summed E-state index contributed by atoms with van der Waals surface area (Å²) in [5.41, 5.74) is 0. The summed E-state index contributed by atoms with van der Waals surface area (Å²) in [6, 6.07) is 0. The second-order valence-corrected chi connectivity index (χ2v) is 19.0. The van der Waals surface area contributed by atoms with Gasteiger partial charge in [-0.1, -0.05) is 107 Å². The molecule has 0 radical (unpaired) electrons. The maximum absolute atomic E-state index is 13.5. The first-order valence-corrected chi connectivity index (χ1v) is 25.8. The number of hydrogen-bond donors (Lipinski definition) is 9. The van der Waals surface area contributed by atoms with Crippen LogP contribution < -0.4 is 0 Å². The maximum Gasteiger partial charge on any atom is 0.472 e. The van der Waals surface area contributed by atoms with Crippen molar-refractivity contribution in [2.75, 3.05) is 13.2 Å². The number of unbranched alkanes of at least 4 members (excludes halogenated alkanes) is 6. The molecule has 1 aliphatic heterocycles. The molecular formula is C49H81O17P. The molecule has 0 spiro atoms. The number of carbonyl (C=O) groups excluding carboxylic acids is 3. The van der Waals surface area contributed by atoms with Gasteiger partial charge in [-0.15, -0.1) is 0 Å². The van der Waals surface area contributed by atoms with E-state index in [0.29, 0.717) is 25.7 Å². The first kappa shape index (κ1) is 60.2. The zero-order valence-electron chi connectivity index (χ0n) is 39.5. The Morgan fingerprint density at radius 3 is 1.97 bits per heavy atom. The van der Waals surface area contributed by atoms with Crippen molar-refractivity contribution in [1.29, 1.82) is 0 Å². The van der Waals surface area contributed by atoms with Gasteiger partial charge in [0.25, 0.3) is 0 Å². The summed E-state index contributed by atoms with van der Waals surface area (Å²) in [6.07, 6.45) is 8.77. The average molecular weight is 973 g/mol. The summed E-state index contributed by atoms with van der Waals surface area (Å²) in [5, 5.41) is 89.9. The number of phosphoric acid groups is 1. The molecule has 0 aromatic carbocycles. The highest BCUT2D eigenvalue weighted by molar-refractivity contribution is 7.47. The van der Waals surface area contributed by atoms with Gasteiger partial charge in [0.15, 0.2) is 6.10 Å². The van der Waals surface area contributed by atoms with Crippen molar-refractivity contribution in [3.8, 4) is 0 Å². The summed E-state index contributed by atoms with van der Waals surface area (Å²) in [5.74, 6) is -5.09. The van der Waals surface area contributed by atoms with Crippen LogP contribution in [-0.4, -0.2) is 138 Å². The van der Waals surface area contributed by atoms with E-state index in [0.717, 1.165) is 38.5 Å². The van der Waals surface area contributed by atoms with Gasteiger partial charge in [-0.05, 0) is 64.2 Å². The van der Waals surface area contributed by atoms with Gasteiger partial charge in [0.1, 0.15) is 36.8 Å². The summed E-state index contributed by atoms with van der Waals surface area (Å²) in [6.45, 7) is 2.64. The van der Waals surface area contributed by atoms with Crippen molar-refractivity contribution in [3.05, 3.63) is 60.8 Å². The third-order valence-corrected chi connectivity index (χ3v) is 12.8. The number of aliphatic hydroxyl groups excluding tert-OH is 8. The molecule has 1 aliphatic carbocycles. The molecule has 18 heteroatoms. The van der Waals surface area contributed by atoms with Gasteiger partial charge in [0.2, 0.25) is 0 Å². The Bertz CT molecular complexity index is 1600. The molecule has 2 fully saturated rings. The highest BCUT2D eigenvalue weighted by Crippen LogP contribution is 2.47. The molecular weight excluding hydrogens is 891 g/mol. The SMILES string of the molecule is CCCCC/C=C\C/C=C\C/C=C\C/C=C\CCCC(=O)OC[C@@H]1COP(=O)(O)O[C@H]2[C@H](O)[C@@H](O)[C@H](O)[C@@H](CC(=O)CCCCC(=O)O1)[C@@H](O)C[C@@H](O)[C@H](/C=C/[C@@H](O)CCCCC)[C@@H](O)[C@H]2O. The minimum Gasteiger partial charge on any atom is -0.462 e. The molecule has 1 unspecified atom stereocenters. The number of esters is 2. The molecule has 0 aromatic rings. The fourth-order valence-corrected chi connectivity index (χ4v) is 8.72. The van der Waals surface area contributed by atoms with Crippen LogP contribution in [0.1, 0.15) is 142 Å². The molecule has 0 aromatic heterocycles. The van der Waals surface area contributed by atoms with Gasteiger partial charge < -0.3 is 55.2 Å². The molecule has 2 rings (SSSR count). The maximum atomic E-state index is 13.5. The lowest BCUT2D eigenvalue weighted by molar-refractivity contribution is -0.168. The van der Waals surface area contributed by atoms with Crippen molar-refractivity contribution in [1.82, 2.24) is 0 Å². The molecule has 1 saturated carbocycles. The number of rotatable bonds is 22. The first-order chi connectivity index (χ1) is 32.0. The Labute approximate surface area is 396 Å². The Morgan fingerprint density at radius 1 is 0.746 bits per heavy atom. The summed E-state index contributed by atoms with van der Waals surface area (Å²) in [4.78, 5) is 49.6. The van der Waals surface area contributed by atoms with Crippen LogP contribution in [0.3, 0.4) is 0 Å². The van der Waals surface area contributed by atoms with E-state index in [2.05, 4.69) is 43.4 Å². The van der Waals surface area contributed by atoms with Crippen LogP contribution in [0.4, 0.5) is 0 Å². The number of ether oxygens (including phenoxy) is 2. The van der Waals surface area contributed by atoms with E-state index >= 15 is 0 Å². The number of aliphatic hydroxyl groups is 8. The summed E-state index contributed by atoms with van der Waals surface area (Å²) in [7, 11) is -5.50. The topological polar surface area (TPSA) is 287 Å². The Balaban J connectivity index is 2.18. The van der Waals surface area contributed by atoms with E-state index in [1.807, 2.05) is 19.1 Å². The second kappa shape index (κ2) is 34.4. The zero-order valence-corrected chi connectivity index (χ0v) is 40.4. The van der Waals surface area contributed by atoms with E-state index in [4.69, 9.17) is 18.5 Å². The molecule has 384 valence electrons. The fraction of sp³-hybridized carbons (Fsp3) is 0.735. The lowest BCUT2D eigenvalue weighted by Gasteiger charge is -2.37. The normalized spacial score (nSPS) is 32.0. The molecule has 1 saturated heterocycles. The van der Waals surface area contributed by atoms with E-state index in [1.54, 1.807) is 0 Å². The zero-order chi connectivity index (χ0) is 49.6. The number of cyclic esters (lactones) is 1. The van der Waals surface area contributed by atoms with Crippen molar-refractivity contribution in [3.63, 3.8) is 0 Å². The minimum absolute atomic E-state index is 0.00369. The third kappa shape index (κ3) is 25.0. The number of ketones is 1. The molecule has 0 amide bonds. The molecule has 13 atom stereocenters. The van der Waals surface area contributed by atoms with Crippen molar-refractivity contribution in [2.45, 2.75) is 203 Å². The number of fused-ring (bicyclic) bond motifs is 4. The van der Waals surface area contributed by atoms with E-state index in [-0.39, 0.29) is 32.1 Å². The minimum atomic E-state index is -5.50. The van der Waals surface area contributed by atoms with Crippen LogP contribution in [0.25, 0.3) is 0 Å². The first-order valence-electron chi connectivity index (χ1n) is 24.3. The number of hydrogen-bond acceptors (Lipinski definition) is 16. The van der Waals surface area contributed by atoms with E-state index < -0.39 is 124 Å². The van der Waals surface area contributed by atoms with Gasteiger partial charge in [0.05, 0.1) is 37.1 Å². The molecule has 2 bridgehead atoms. The largest absolute Gasteiger partial charge is 0.472 e. The van der Waals surface area contributed by atoms with Crippen LogP contribution >= 0.6 is 7.82 Å². The molecule has 1 heterocycles. The van der Waals surface area contributed by atoms with Gasteiger partial charge in [0, 0.05) is 43.9 Å². The molecule has 2 aliphatic rings. The molecule has 67 heavy (non-hydrogen) atoms. The Hall–Kier alpha value is -2.90. The monoisotopic (exact) mass is 973 g/mol. The van der Waals surface area contributed by atoms with E-state index in [1.165, 1.54) is 31.4 Å². The molecule has 17 nitrogen and oxygen atoms in total. The number of allylic oxidation sites excluding steroid dienone is 8. The quantitative estimate of drug-likeness (QED) is 0.0289. The Kier molecular flexibility index (Phi) is 30.9. The van der Waals surface area contributed by atoms with Crippen LogP contribution in [0.2, 0.25) is 0 Å². The standard InChI is InChI=1S/C49H81O17P/c1-3-5-7-8-9-10-11-12-13-14-15-16-17-18-19-20-22-27-42(54)63-33-37-34-64-67(61,62)66-49-47(59)44(56)38(30-29-35(50)25-21-6-4-2)40(52)32-41(53)39(45(57)46(58)48(49)60)31-36(51)26-23-24-28-43(55)65-37/h9-10,12-13,15-16,18-19,29-30,35,37-41,44-50,52-53,56-60H,3-8,11,14,17,20-28,31-34H2,1-2H3,(H,61,62)/b10-9-,13-12-,16-15-,19-18-,30-29+/t35-,37+,38-,39-,40+,41-,44+,45+,46-,47+,48+,49+/m0/s1. The fourth-order valence-electron chi connectivity index (χ4n) is 7.75. The number of Topliss-reactive ketones (excluding diaryl/α,β-unsaturated/α-hetero) is 1. The third-order valence-electron chi connectivity index (χ3n) is 11.8. The van der Waals surface area contributed by atoms with Crippen LogP contribution in [0, 0.1) is 11.8 Å². The van der Waals surface area contributed by atoms with Gasteiger partial charge in [-0.25, -0.2) is 4.57 Å². The van der Waals surface area contributed by atoms with Crippen LogP contribution in [-0.2, 0) is 37.5 Å². The summed E-state index contributed by atoms with van der Waals surface area (Å²) >= 11 is 0. The van der Waals surface area contributed by atoms with E-state index in [9.17, 15) is 64.7 Å². The average Bonchev–Trinajstić information content (AvgIpc) is 3.29. The van der Waals surface area contributed by atoms with Crippen LogP contribution in [0.15, 0.2) is 60.8 Å². The highest BCUT2D eigenvalue weighted by Gasteiger charge is 2.49. The predicted molar refractivity (Wildman–Crippen MR) is 251 cm³/mol.